The molecular formula is C15H18BrFN4. The van der Waals surface area contributed by atoms with Gasteiger partial charge in [0.1, 0.15) is 23.8 Å². The Morgan fingerprint density at radius 2 is 1.86 bits per heavy atom. The van der Waals surface area contributed by atoms with Gasteiger partial charge in [0.2, 0.25) is 0 Å². The first-order chi connectivity index (χ1) is 9.93. The normalized spacial score (nSPS) is 10.8. The number of hydrogen-bond donors (Lipinski definition) is 2. The van der Waals surface area contributed by atoms with Crippen molar-refractivity contribution in [2.75, 3.05) is 17.7 Å². The average molecular weight is 353 g/mol. The van der Waals surface area contributed by atoms with E-state index in [-0.39, 0.29) is 11.7 Å². The molecule has 4 nitrogen and oxygen atoms in total. The molecule has 21 heavy (non-hydrogen) atoms. The summed E-state index contributed by atoms with van der Waals surface area (Å²) in [5.74, 6) is 1.49. The van der Waals surface area contributed by atoms with Crippen LogP contribution in [-0.2, 0) is 0 Å². The number of nitrogens with one attached hydrogen (secondary N) is 2. The van der Waals surface area contributed by atoms with Gasteiger partial charge in [0.25, 0.3) is 0 Å². The molecule has 0 aliphatic carbocycles. The van der Waals surface area contributed by atoms with Crippen molar-refractivity contribution >= 4 is 33.3 Å². The van der Waals surface area contributed by atoms with Crippen molar-refractivity contribution in [2.45, 2.75) is 26.7 Å². The van der Waals surface area contributed by atoms with Crippen molar-refractivity contribution in [1.29, 1.82) is 0 Å². The minimum Gasteiger partial charge on any atom is -0.373 e. The molecule has 0 spiro atoms. The summed E-state index contributed by atoms with van der Waals surface area (Å²) in [5.41, 5.74) is 2.63. The van der Waals surface area contributed by atoms with Gasteiger partial charge in [-0.3, -0.25) is 0 Å². The maximum atomic E-state index is 13.5. The van der Waals surface area contributed by atoms with Crippen molar-refractivity contribution in [3.05, 3.63) is 39.9 Å². The SMILES string of the molecule is CNc1ncnc(Nc2cc(Br)c(F)cc2C)c1C(C)C. The summed E-state index contributed by atoms with van der Waals surface area (Å²) in [4.78, 5) is 8.57. The molecule has 0 amide bonds. The molecule has 0 aliphatic rings. The highest BCUT2D eigenvalue weighted by atomic mass is 79.9. The molecular weight excluding hydrogens is 335 g/mol. The Labute approximate surface area is 132 Å². The minimum atomic E-state index is -0.277. The van der Waals surface area contributed by atoms with E-state index in [4.69, 9.17) is 0 Å². The number of aryl methyl sites for hydroxylation is 1. The fourth-order valence-corrected chi connectivity index (χ4v) is 2.49. The summed E-state index contributed by atoms with van der Waals surface area (Å²) in [7, 11) is 1.83. The largest absolute Gasteiger partial charge is 0.373 e. The molecule has 0 saturated heterocycles. The molecule has 112 valence electrons. The standard InChI is InChI=1S/C15H18BrFN4/c1-8(2)13-14(18-4)19-7-20-15(13)21-12-6-10(16)11(17)5-9(12)3/h5-8H,1-4H3,(H2,18,19,20,21). The lowest BCUT2D eigenvalue weighted by Gasteiger charge is -2.17. The maximum Gasteiger partial charge on any atom is 0.139 e. The Morgan fingerprint density at radius 1 is 1.19 bits per heavy atom. The zero-order valence-electron chi connectivity index (χ0n) is 12.5. The summed E-state index contributed by atoms with van der Waals surface area (Å²) >= 11 is 3.21. The fraction of sp³-hybridized carbons (Fsp3) is 0.333. The van der Waals surface area contributed by atoms with Crippen LogP contribution in [0.2, 0.25) is 0 Å². The molecule has 0 saturated carbocycles. The summed E-state index contributed by atoms with van der Waals surface area (Å²) < 4.78 is 13.9. The molecule has 2 aromatic rings. The van der Waals surface area contributed by atoms with Crippen molar-refractivity contribution in [1.82, 2.24) is 9.97 Å². The van der Waals surface area contributed by atoms with Crippen LogP contribution in [0.25, 0.3) is 0 Å². The maximum absolute atomic E-state index is 13.5. The molecule has 0 unspecified atom stereocenters. The summed E-state index contributed by atoms with van der Waals surface area (Å²) in [5, 5.41) is 6.35. The van der Waals surface area contributed by atoms with Gasteiger partial charge in [0, 0.05) is 18.3 Å². The monoisotopic (exact) mass is 352 g/mol. The second-order valence-corrected chi connectivity index (χ2v) is 5.95. The van der Waals surface area contributed by atoms with Crippen LogP contribution in [0, 0.1) is 12.7 Å². The van der Waals surface area contributed by atoms with Gasteiger partial charge in [-0.25, -0.2) is 14.4 Å². The highest BCUT2D eigenvalue weighted by Gasteiger charge is 2.15. The van der Waals surface area contributed by atoms with E-state index in [1.165, 1.54) is 12.4 Å². The Balaban J connectivity index is 2.47. The number of aromatic nitrogens is 2. The van der Waals surface area contributed by atoms with Crippen LogP contribution in [0.4, 0.5) is 21.7 Å². The van der Waals surface area contributed by atoms with Crippen LogP contribution >= 0.6 is 15.9 Å². The van der Waals surface area contributed by atoms with Gasteiger partial charge in [-0.1, -0.05) is 13.8 Å². The van der Waals surface area contributed by atoms with E-state index < -0.39 is 0 Å². The Kier molecular flexibility index (Phi) is 4.77. The molecule has 0 radical (unpaired) electrons. The summed E-state index contributed by atoms with van der Waals surface area (Å²) in [6, 6.07) is 3.21. The van der Waals surface area contributed by atoms with Crippen molar-refractivity contribution < 1.29 is 4.39 Å². The molecule has 0 fully saturated rings. The third-order valence-electron chi connectivity index (χ3n) is 3.22. The quantitative estimate of drug-likeness (QED) is 0.844. The Hall–Kier alpha value is -1.69. The zero-order valence-corrected chi connectivity index (χ0v) is 14.0. The van der Waals surface area contributed by atoms with E-state index in [0.29, 0.717) is 4.47 Å². The van der Waals surface area contributed by atoms with Gasteiger partial charge in [0.15, 0.2) is 0 Å². The third-order valence-corrected chi connectivity index (χ3v) is 3.83. The van der Waals surface area contributed by atoms with Gasteiger partial charge in [-0.05, 0) is 46.5 Å². The van der Waals surface area contributed by atoms with Crippen molar-refractivity contribution in [3.8, 4) is 0 Å². The van der Waals surface area contributed by atoms with E-state index in [2.05, 4.69) is 50.4 Å². The first kappa shape index (κ1) is 15.7. The van der Waals surface area contributed by atoms with Gasteiger partial charge in [-0.2, -0.15) is 0 Å². The number of rotatable bonds is 4. The lowest BCUT2D eigenvalue weighted by molar-refractivity contribution is 0.620. The van der Waals surface area contributed by atoms with Gasteiger partial charge in [-0.15, -0.1) is 0 Å². The van der Waals surface area contributed by atoms with E-state index in [9.17, 15) is 4.39 Å². The van der Waals surface area contributed by atoms with Crippen LogP contribution in [-0.4, -0.2) is 17.0 Å². The van der Waals surface area contributed by atoms with E-state index in [1.807, 2.05) is 14.0 Å². The van der Waals surface area contributed by atoms with Gasteiger partial charge in [0.05, 0.1) is 4.47 Å². The number of nitrogens with zero attached hydrogens (tertiary/aromatic N) is 2. The molecule has 1 aromatic heterocycles. The molecule has 6 heteroatoms. The Bertz CT molecular complexity index is 658. The molecule has 1 aromatic carbocycles. The number of anilines is 3. The minimum absolute atomic E-state index is 0.250. The first-order valence-electron chi connectivity index (χ1n) is 6.69. The molecule has 0 bridgehead atoms. The number of hydrogen-bond acceptors (Lipinski definition) is 4. The zero-order chi connectivity index (χ0) is 15.6. The second kappa shape index (κ2) is 6.39. The molecule has 2 rings (SSSR count). The number of halogens is 2. The molecule has 1 heterocycles. The molecule has 0 aliphatic heterocycles. The molecule has 2 N–H and O–H groups in total. The third kappa shape index (κ3) is 3.32. The summed E-state index contributed by atoms with van der Waals surface area (Å²) in [6.07, 6.45) is 1.51. The van der Waals surface area contributed by atoms with E-state index in [0.717, 1.165) is 28.5 Å². The smallest absolute Gasteiger partial charge is 0.139 e. The predicted molar refractivity (Wildman–Crippen MR) is 87.8 cm³/mol. The van der Waals surface area contributed by atoms with Crippen LogP contribution < -0.4 is 10.6 Å². The topological polar surface area (TPSA) is 49.8 Å². The van der Waals surface area contributed by atoms with Gasteiger partial charge < -0.3 is 10.6 Å². The molecule has 0 atom stereocenters. The van der Waals surface area contributed by atoms with Crippen LogP contribution in [0.15, 0.2) is 22.9 Å². The lowest BCUT2D eigenvalue weighted by atomic mass is 10.0. The van der Waals surface area contributed by atoms with Gasteiger partial charge >= 0.3 is 0 Å². The fourth-order valence-electron chi connectivity index (χ4n) is 2.15. The predicted octanol–water partition coefficient (Wildman–Crippen LogP) is 4.60. The lowest BCUT2D eigenvalue weighted by Crippen LogP contribution is -2.07. The van der Waals surface area contributed by atoms with Crippen molar-refractivity contribution in [3.63, 3.8) is 0 Å². The van der Waals surface area contributed by atoms with E-state index >= 15 is 0 Å². The van der Waals surface area contributed by atoms with Crippen LogP contribution in [0.3, 0.4) is 0 Å². The number of benzene rings is 1. The second-order valence-electron chi connectivity index (χ2n) is 5.10. The Morgan fingerprint density at radius 3 is 2.48 bits per heavy atom. The van der Waals surface area contributed by atoms with E-state index in [1.54, 1.807) is 6.07 Å². The average Bonchev–Trinajstić information content (AvgIpc) is 2.44. The first-order valence-corrected chi connectivity index (χ1v) is 7.48. The highest BCUT2D eigenvalue weighted by Crippen LogP contribution is 2.32. The van der Waals surface area contributed by atoms with Crippen LogP contribution in [0.5, 0.6) is 0 Å². The highest BCUT2D eigenvalue weighted by molar-refractivity contribution is 9.10. The summed E-state index contributed by atoms with van der Waals surface area (Å²) in [6.45, 7) is 6.02. The van der Waals surface area contributed by atoms with Crippen molar-refractivity contribution in [2.24, 2.45) is 0 Å². The van der Waals surface area contributed by atoms with Crippen LogP contribution in [0.1, 0.15) is 30.9 Å².